The lowest BCUT2D eigenvalue weighted by atomic mass is 10.3. The second-order valence-corrected chi connectivity index (χ2v) is 4.35. The Balaban J connectivity index is 1.74. The van der Waals surface area contributed by atoms with E-state index in [1.54, 1.807) is 0 Å². The molecule has 0 aliphatic carbocycles. The predicted molar refractivity (Wildman–Crippen MR) is 46.8 cm³/mol. The molecule has 3 unspecified atom stereocenters. The van der Waals surface area contributed by atoms with Gasteiger partial charge in [0.2, 0.25) is 6.54 Å². The van der Waals surface area contributed by atoms with Crippen LogP contribution in [0.3, 0.4) is 0 Å². The molecule has 0 saturated carbocycles. The topological polar surface area (TPSA) is 81.7 Å². The minimum absolute atomic E-state index is 0.0144. The summed E-state index contributed by atoms with van der Waals surface area (Å²) in [6, 6.07) is 0. The highest BCUT2D eigenvalue weighted by molar-refractivity contribution is 5.70. The van der Waals surface area contributed by atoms with Crippen molar-refractivity contribution in [1.29, 1.82) is 0 Å². The monoisotopic (exact) mass is 216 g/mol. The van der Waals surface area contributed by atoms with Crippen molar-refractivity contribution in [3.05, 3.63) is 5.21 Å². The number of hydrogen-bond acceptors (Lipinski definition) is 5. The van der Waals surface area contributed by atoms with Gasteiger partial charge in [-0.3, -0.25) is 0 Å². The summed E-state index contributed by atoms with van der Waals surface area (Å²) in [7, 11) is 0. The van der Waals surface area contributed by atoms with Gasteiger partial charge >= 0.3 is 5.91 Å². The number of epoxide rings is 2. The van der Waals surface area contributed by atoms with E-state index in [0.717, 1.165) is 0 Å². The van der Waals surface area contributed by atoms with E-state index in [4.69, 9.17) is 9.47 Å². The molecule has 0 radical (unpaired) electrons. The molecule has 3 aliphatic heterocycles. The van der Waals surface area contributed by atoms with E-state index in [0.29, 0.717) is 26.3 Å². The Morgan fingerprint density at radius 2 is 1.93 bits per heavy atom. The standard InChI is InChI=1S/C8H14N3O4/c12-8-1-10(13)9-11(8,2-6-4-14-6)3-7-5-15-7/h6-7,9-10H,1-5H2/q+1. The highest BCUT2D eigenvalue weighted by Gasteiger charge is 2.54. The van der Waals surface area contributed by atoms with E-state index in [1.807, 2.05) is 0 Å². The first-order valence-corrected chi connectivity index (χ1v) is 5.13. The lowest BCUT2D eigenvalue weighted by Crippen LogP contribution is -3.13. The zero-order valence-electron chi connectivity index (χ0n) is 8.27. The van der Waals surface area contributed by atoms with Crippen molar-refractivity contribution in [2.75, 3.05) is 32.8 Å². The summed E-state index contributed by atoms with van der Waals surface area (Å²) in [6.45, 7) is 2.46. The molecule has 0 aromatic carbocycles. The van der Waals surface area contributed by atoms with Gasteiger partial charge in [-0.15, -0.1) is 4.59 Å². The number of amides is 1. The van der Waals surface area contributed by atoms with Gasteiger partial charge in [0.1, 0.15) is 25.3 Å². The first kappa shape index (κ1) is 9.64. The fourth-order valence-corrected chi connectivity index (χ4v) is 2.04. The maximum Gasteiger partial charge on any atom is 0.394 e. The lowest BCUT2D eigenvalue weighted by Gasteiger charge is -2.27. The molecule has 0 aromatic heterocycles. The summed E-state index contributed by atoms with van der Waals surface area (Å²) in [5.41, 5.74) is 2.75. The van der Waals surface area contributed by atoms with Crippen LogP contribution in [-0.4, -0.2) is 55.6 Å². The summed E-state index contributed by atoms with van der Waals surface area (Å²) in [5.74, 6) is -0.0639. The Hall–Kier alpha value is -0.570. The fourth-order valence-electron chi connectivity index (χ4n) is 2.04. The maximum absolute atomic E-state index is 11.8. The quantitative estimate of drug-likeness (QED) is 0.296. The Kier molecular flexibility index (Phi) is 2.06. The number of hydrogen-bond donors (Lipinski definition) is 2. The van der Waals surface area contributed by atoms with Crippen molar-refractivity contribution >= 4 is 5.91 Å². The van der Waals surface area contributed by atoms with Gasteiger partial charge < -0.3 is 14.7 Å². The third-order valence-electron chi connectivity index (χ3n) is 2.96. The average Bonchev–Trinajstić information content (AvgIpc) is 2.99. The Morgan fingerprint density at radius 3 is 2.27 bits per heavy atom. The summed E-state index contributed by atoms with van der Waals surface area (Å²) >= 11 is 0. The van der Waals surface area contributed by atoms with Crippen LogP contribution in [0.25, 0.3) is 0 Å². The number of carbonyl (C=O) groups excluding carboxylic acids is 1. The Bertz CT molecular complexity index is 276. The molecule has 1 amide bonds. The smallest absolute Gasteiger partial charge is 0.394 e. The van der Waals surface area contributed by atoms with Crippen LogP contribution in [0, 0.1) is 5.21 Å². The fraction of sp³-hybridized carbons (Fsp3) is 0.875. The number of nitrogens with one attached hydrogen (secondary N) is 2. The molecule has 3 aliphatic rings. The molecule has 2 N–H and O–H groups in total. The third-order valence-corrected chi connectivity index (χ3v) is 2.96. The number of quaternary nitrogens is 2. The highest BCUT2D eigenvalue weighted by Crippen LogP contribution is 2.21. The maximum atomic E-state index is 11.8. The van der Waals surface area contributed by atoms with E-state index >= 15 is 0 Å². The van der Waals surface area contributed by atoms with Gasteiger partial charge in [-0.1, -0.05) is 0 Å². The van der Waals surface area contributed by atoms with Crippen molar-refractivity contribution < 1.29 is 24.0 Å². The van der Waals surface area contributed by atoms with Crippen molar-refractivity contribution in [2.24, 2.45) is 0 Å². The van der Waals surface area contributed by atoms with E-state index in [-0.39, 0.29) is 34.4 Å². The molecule has 84 valence electrons. The number of rotatable bonds is 4. The first-order chi connectivity index (χ1) is 7.18. The van der Waals surface area contributed by atoms with E-state index in [9.17, 15) is 10.0 Å². The number of nitrogens with zero attached hydrogens (tertiary/aromatic N) is 1. The molecule has 3 saturated heterocycles. The van der Waals surface area contributed by atoms with Crippen LogP contribution < -0.4 is 10.7 Å². The minimum Gasteiger partial charge on any atom is -0.609 e. The molecule has 3 heterocycles. The molecule has 0 bridgehead atoms. The van der Waals surface area contributed by atoms with Gasteiger partial charge in [0.05, 0.1) is 13.2 Å². The van der Waals surface area contributed by atoms with E-state index in [2.05, 4.69) is 5.53 Å². The van der Waals surface area contributed by atoms with Gasteiger partial charge in [-0.05, 0) is 5.53 Å². The summed E-state index contributed by atoms with van der Waals surface area (Å²) in [6.07, 6.45) is 0.234. The SMILES string of the molecule is O=C1C[NH+]([O-])N[N+]1(CC1CO1)CC1CO1. The van der Waals surface area contributed by atoms with Crippen molar-refractivity contribution in [3.63, 3.8) is 0 Å². The van der Waals surface area contributed by atoms with Crippen LogP contribution in [-0.2, 0) is 14.3 Å². The summed E-state index contributed by atoms with van der Waals surface area (Å²) in [4.78, 5) is 11.8. The van der Waals surface area contributed by atoms with Crippen molar-refractivity contribution in [3.8, 4) is 0 Å². The molecule has 7 nitrogen and oxygen atoms in total. The number of carbonyl (C=O) groups is 1. The zero-order valence-corrected chi connectivity index (χ0v) is 8.27. The number of hydroxylamine groups is 1. The van der Waals surface area contributed by atoms with Gasteiger partial charge in [0.15, 0.2) is 0 Å². The van der Waals surface area contributed by atoms with E-state index in [1.165, 1.54) is 0 Å². The van der Waals surface area contributed by atoms with Gasteiger partial charge in [-0.2, -0.15) is 0 Å². The third kappa shape index (κ3) is 1.89. The molecular weight excluding hydrogens is 202 g/mol. The molecule has 7 heteroatoms. The van der Waals surface area contributed by atoms with Gasteiger partial charge in [0.25, 0.3) is 0 Å². The van der Waals surface area contributed by atoms with Gasteiger partial charge in [0, 0.05) is 0 Å². The molecule has 3 fully saturated rings. The van der Waals surface area contributed by atoms with Crippen LogP contribution >= 0.6 is 0 Å². The Morgan fingerprint density at radius 1 is 1.40 bits per heavy atom. The zero-order chi connectivity index (χ0) is 10.5. The second kappa shape index (κ2) is 3.21. The predicted octanol–water partition coefficient (Wildman–Crippen LogP) is -3.06. The molecule has 15 heavy (non-hydrogen) atoms. The van der Waals surface area contributed by atoms with Crippen LogP contribution in [0.2, 0.25) is 0 Å². The summed E-state index contributed by atoms with van der Waals surface area (Å²) < 4.78 is 10.3. The van der Waals surface area contributed by atoms with Gasteiger partial charge in [-0.25, -0.2) is 9.97 Å². The Labute approximate surface area is 86.6 Å². The van der Waals surface area contributed by atoms with Crippen molar-refractivity contribution in [1.82, 2.24) is 5.53 Å². The van der Waals surface area contributed by atoms with Crippen LogP contribution in [0.5, 0.6) is 0 Å². The van der Waals surface area contributed by atoms with Crippen LogP contribution in [0.1, 0.15) is 0 Å². The molecule has 3 atom stereocenters. The minimum atomic E-state index is -0.193. The molecular formula is C8H14N3O4+. The van der Waals surface area contributed by atoms with E-state index < -0.39 is 0 Å². The average molecular weight is 216 g/mol. The van der Waals surface area contributed by atoms with Crippen LogP contribution in [0.15, 0.2) is 0 Å². The highest BCUT2D eigenvalue weighted by atomic mass is 16.6. The molecule has 3 rings (SSSR count). The van der Waals surface area contributed by atoms with Crippen LogP contribution in [0.4, 0.5) is 0 Å². The molecule has 0 aromatic rings. The largest absolute Gasteiger partial charge is 0.609 e. The first-order valence-electron chi connectivity index (χ1n) is 5.13. The second-order valence-electron chi connectivity index (χ2n) is 4.35. The number of ether oxygens (including phenoxy) is 2. The normalized spacial score (nSPS) is 48.3. The molecule has 0 spiro atoms. The summed E-state index contributed by atoms with van der Waals surface area (Å²) in [5, 5.41) is 11.1. The van der Waals surface area contributed by atoms with Crippen molar-refractivity contribution in [2.45, 2.75) is 12.2 Å². The lowest BCUT2D eigenvalue weighted by molar-refractivity contribution is -1.07.